The van der Waals surface area contributed by atoms with E-state index in [4.69, 9.17) is 87.7 Å². The number of alkyl carbamates (subject to hydrolysis) is 1. The Morgan fingerprint density at radius 1 is 0.839 bits per heavy atom. The molecule has 312 valence electrons. The molecule has 0 aliphatic carbocycles. The predicted octanol–water partition coefficient (Wildman–Crippen LogP) is 2.94. The lowest BCUT2D eigenvalue weighted by Crippen LogP contribution is -2.69. The molecule has 23 heteroatoms. The second kappa shape index (κ2) is 22.9. The lowest BCUT2D eigenvalue weighted by atomic mass is 9.95. The summed E-state index contributed by atoms with van der Waals surface area (Å²) in [5.74, 6) is -3.44. The van der Waals surface area contributed by atoms with E-state index in [0.29, 0.717) is 0 Å². The first-order valence-corrected chi connectivity index (χ1v) is 18.2. The molecule has 0 radical (unpaired) electrons. The highest BCUT2D eigenvalue weighted by molar-refractivity contribution is 6.67. The van der Waals surface area contributed by atoms with Gasteiger partial charge in [0.05, 0.1) is 13.2 Å². The minimum atomic E-state index is -2.01. The quantitative estimate of drug-likeness (QED) is 0.0409. The molecule has 0 spiro atoms. The number of aliphatic hydroxyl groups is 1. The number of carbonyl (C=O) groups is 5. The molecule has 0 aromatic heterocycles. The van der Waals surface area contributed by atoms with Gasteiger partial charge < -0.3 is 57.8 Å². The van der Waals surface area contributed by atoms with Gasteiger partial charge in [-0.3, -0.25) is 19.2 Å². The SMILES string of the molecule is CC(=O)OC[C@H]1O[C@@H](O[C@H]2[C@H](O)[C@@H](COCc3ccccc3)O[C@@H](OCCCN=[N+]=[N-])[C@@H]2NC(=O)OCC(Cl)(Cl)Cl)[C@H](OC(C)=O)[C@@H](OC(C)=O)[C@H]1OC(C)=O. The Morgan fingerprint density at radius 3 is 2.07 bits per heavy atom. The van der Waals surface area contributed by atoms with Gasteiger partial charge in [0.25, 0.3) is 0 Å². The molecule has 1 aromatic rings. The van der Waals surface area contributed by atoms with E-state index >= 15 is 0 Å². The summed E-state index contributed by atoms with van der Waals surface area (Å²) in [5.41, 5.74) is 9.49. The van der Waals surface area contributed by atoms with Crippen LogP contribution in [0.3, 0.4) is 0 Å². The van der Waals surface area contributed by atoms with Crippen LogP contribution in [0.4, 0.5) is 4.79 Å². The van der Waals surface area contributed by atoms with E-state index in [0.717, 1.165) is 33.3 Å². The number of azide groups is 1. The smallest absolute Gasteiger partial charge is 0.407 e. The molecular weight excluding hydrogens is 815 g/mol. The number of ether oxygens (including phenoxy) is 10. The summed E-state index contributed by atoms with van der Waals surface area (Å²) in [5, 5.41) is 17.8. The van der Waals surface area contributed by atoms with Crippen LogP contribution in [0.25, 0.3) is 10.4 Å². The van der Waals surface area contributed by atoms with E-state index in [2.05, 4.69) is 15.3 Å². The van der Waals surface area contributed by atoms with E-state index in [1.165, 1.54) is 0 Å². The molecule has 3 rings (SSSR count). The van der Waals surface area contributed by atoms with Crippen molar-refractivity contribution in [2.45, 2.75) is 106 Å². The highest BCUT2D eigenvalue weighted by Gasteiger charge is 2.56. The lowest BCUT2D eigenvalue weighted by Gasteiger charge is -2.48. The number of nitrogens with zero attached hydrogens (tertiary/aromatic N) is 3. The summed E-state index contributed by atoms with van der Waals surface area (Å²) < 4.78 is 54.9. The Morgan fingerprint density at radius 2 is 1.46 bits per heavy atom. The molecule has 1 amide bonds. The lowest BCUT2D eigenvalue weighted by molar-refractivity contribution is -0.347. The van der Waals surface area contributed by atoms with Crippen molar-refractivity contribution in [3.8, 4) is 0 Å². The molecule has 20 nitrogen and oxygen atoms in total. The maximum Gasteiger partial charge on any atom is 0.407 e. The summed E-state index contributed by atoms with van der Waals surface area (Å²) in [6.07, 6.45) is -15.1. The standard InChI is InChI=1S/C33H43Cl3N4O16/c1-17(41)49-15-23-26(51-18(2)42)28(52-19(3)43)29(53-20(4)44)31(55-23)56-27-24(39-32(46)50-16-33(34,35)36)30(48-12-8-11-38-40-37)54-22(25(27)45)14-47-13-21-9-6-5-7-10-21/h5-7,9-10,22-31,45H,8,11-16H2,1-4H3,(H,39,46)/t22-,23-,24-,25-,26+,27-,28+,29-,30-,31+/m1/s1. The molecule has 0 unspecified atom stereocenters. The van der Waals surface area contributed by atoms with Gasteiger partial charge in [0.15, 0.2) is 30.9 Å². The summed E-state index contributed by atoms with van der Waals surface area (Å²) in [7, 11) is 0. The van der Waals surface area contributed by atoms with Crippen molar-refractivity contribution in [3.63, 3.8) is 0 Å². The third-order valence-corrected chi connectivity index (χ3v) is 8.03. The third-order valence-electron chi connectivity index (χ3n) is 7.71. The zero-order valence-electron chi connectivity index (χ0n) is 30.7. The van der Waals surface area contributed by atoms with Crippen molar-refractivity contribution < 1.29 is 76.4 Å². The number of hydrogen-bond acceptors (Lipinski definition) is 17. The number of benzene rings is 1. The zero-order valence-corrected chi connectivity index (χ0v) is 32.9. The van der Waals surface area contributed by atoms with Gasteiger partial charge in [-0.1, -0.05) is 70.2 Å². The number of aliphatic hydroxyl groups excluding tert-OH is 1. The number of amides is 1. The molecule has 0 bridgehead atoms. The fourth-order valence-corrected chi connectivity index (χ4v) is 5.70. The van der Waals surface area contributed by atoms with E-state index in [1.807, 2.05) is 18.2 Å². The van der Waals surface area contributed by atoms with Crippen molar-refractivity contribution in [1.82, 2.24) is 5.32 Å². The number of carbonyl (C=O) groups excluding carboxylic acids is 5. The molecule has 2 fully saturated rings. The van der Waals surface area contributed by atoms with Gasteiger partial charge in [-0.25, -0.2) is 4.79 Å². The second-order valence-electron chi connectivity index (χ2n) is 12.2. The number of halogens is 3. The normalized spacial score (nSPS) is 27.5. The first kappa shape index (κ1) is 46.7. The fraction of sp³-hybridized carbons (Fsp3) is 0.667. The summed E-state index contributed by atoms with van der Waals surface area (Å²) in [6, 6.07) is 7.55. The van der Waals surface area contributed by atoms with Crippen LogP contribution < -0.4 is 5.32 Å². The Balaban J connectivity index is 2.09. The molecule has 0 saturated carbocycles. The van der Waals surface area contributed by atoms with Crippen molar-refractivity contribution in [2.24, 2.45) is 5.11 Å². The molecule has 10 atom stereocenters. The average Bonchev–Trinajstić information content (AvgIpc) is 3.11. The Hall–Kier alpha value is -3.69. The summed E-state index contributed by atoms with van der Waals surface area (Å²) in [4.78, 5) is 64.7. The highest BCUT2D eigenvalue weighted by atomic mass is 35.6. The molecule has 2 N–H and O–H groups in total. The Bertz CT molecular complexity index is 1520. The van der Waals surface area contributed by atoms with Gasteiger partial charge in [-0.15, -0.1) is 0 Å². The van der Waals surface area contributed by atoms with Crippen LogP contribution >= 0.6 is 34.8 Å². The number of rotatable bonds is 18. The third kappa shape index (κ3) is 15.7. The van der Waals surface area contributed by atoms with E-state index in [-0.39, 0.29) is 32.8 Å². The molecular formula is C33H43Cl3N4O16. The first-order valence-electron chi connectivity index (χ1n) is 17.0. The van der Waals surface area contributed by atoms with E-state index in [1.54, 1.807) is 12.1 Å². The van der Waals surface area contributed by atoms with Crippen LogP contribution in [-0.4, -0.2) is 133 Å². The van der Waals surface area contributed by atoms with Gasteiger partial charge in [0.2, 0.25) is 3.79 Å². The largest absolute Gasteiger partial charge is 0.463 e. The van der Waals surface area contributed by atoms with Gasteiger partial charge in [0.1, 0.15) is 43.7 Å². The van der Waals surface area contributed by atoms with Crippen LogP contribution in [0.5, 0.6) is 0 Å². The monoisotopic (exact) mass is 856 g/mol. The van der Waals surface area contributed by atoms with E-state index in [9.17, 15) is 29.1 Å². The maximum absolute atomic E-state index is 13.1. The number of nitrogens with one attached hydrogen (secondary N) is 1. The average molecular weight is 858 g/mol. The van der Waals surface area contributed by atoms with Crippen LogP contribution in [-0.2, 0) is 73.2 Å². The molecule has 56 heavy (non-hydrogen) atoms. The maximum atomic E-state index is 13.1. The Labute approximate surface area is 336 Å². The topological polar surface area (TPSA) is 259 Å². The van der Waals surface area contributed by atoms with Crippen LogP contribution in [0.1, 0.15) is 39.7 Å². The Kier molecular flexibility index (Phi) is 19.1. The van der Waals surface area contributed by atoms with Gasteiger partial charge in [-0.05, 0) is 17.5 Å². The number of esters is 4. The van der Waals surface area contributed by atoms with Crippen LogP contribution in [0.15, 0.2) is 35.4 Å². The van der Waals surface area contributed by atoms with Crippen molar-refractivity contribution in [2.75, 3.05) is 33.0 Å². The van der Waals surface area contributed by atoms with E-state index < -0.39 is 108 Å². The minimum Gasteiger partial charge on any atom is -0.463 e. The van der Waals surface area contributed by atoms with Gasteiger partial charge >= 0.3 is 30.0 Å². The molecule has 1 aromatic carbocycles. The molecule has 2 aliphatic heterocycles. The number of alkyl halides is 3. The molecule has 2 heterocycles. The summed E-state index contributed by atoms with van der Waals surface area (Å²) >= 11 is 17.3. The predicted molar refractivity (Wildman–Crippen MR) is 191 cm³/mol. The minimum absolute atomic E-state index is 0.0313. The summed E-state index contributed by atoms with van der Waals surface area (Å²) in [6.45, 7) is 2.70. The van der Waals surface area contributed by atoms with Gasteiger partial charge in [-0.2, -0.15) is 0 Å². The van der Waals surface area contributed by atoms with Crippen LogP contribution in [0, 0.1) is 0 Å². The van der Waals surface area contributed by atoms with Crippen molar-refractivity contribution >= 4 is 64.8 Å². The van der Waals surface area contributed by atoms with Crippen molar-refractivity contribution in [3.05, 3.63) is 46.3 Å². The first-order chi connectivity index (χ1) is 26.5. The van der Waals surface area contributed by atoms with Crippen LogP contribution in [0.2, 0.25) is 0 Å². The molecule has 2 saturated heterocycles. The highest BCUT2D eigenvalue weighted by Crippen LogP contribution is 2.34. The molecule has 2 aliphatic rings. The second-order valence-corrected chi connectivity index (χ2v) is 14.8. The fourth-order valence-electron chi connectivity index (χ4n) is 5.54. The van der Waals surface area contributed by atoms with Crippen molar-refractivity contribution in [1.29, 1.82) is 0 Å². The number of hydrogen-bond donors (Lipinski definition) is 2. The van der Waals surface area contributed by atoms with Gasteiger partial charge in [0, 0.05) is 45.8 Å². The zero-order chi connectivity index (χ0) is 41.4.